The topological polar surface area (TPSA) is 12.9 Å². The van der Waals surface area contributed by atoms with Crippen LogP contribution in [-0.4, -0.2) is 4.98 Å². The van der Waals surface area contributed by atoms with Crippen LogP contribution in [0.4, 0.5) is 0 Å². The van der Waals surface area contributed by atoms with E-state index in [-0.39, 0.29) is 5.41 Å². The summed E-state index contributed by atoms with van der Waals surface area (Å²) in [5, 5.41) is 0. The van der Waals surface area contributed by atoms with Gasteiger partial charge in [-0.2, -0.15) is 0 Å². The molecule has 2 heteroatoms. The van der Waals surface area contributed by atoms with E-state index in [9.17, 15) is 0 Å². The van der Waals surface area contributed by atoms with Gasteiger partial charge in [-0.1, -0.05) is 41.5 Å². The van der Waals surface area contributed by atoms with E-state index in [2.05, 4.69) is 46.5 Å². The van der Waals surface area contributed by atoms with Gasteiger partial charge in [-0.15, -0.1) is 11.3 Å². The second kappa shape index (κ2) is 4.25. The van der Waals surface area contributed by atoms with Crippen LogP contribution in [0.5, 0.6) is 0 Å². The van der Waals surface area contributed by atoms with Crippen LogP contribution in [0, 0.1) is 5.41 Å². The molecule has 0 aliphatic heterocycles. The molecule has 0 aromatic carbocycles. The third kappa shape index (κ3) is 3.94. The lowest BCUT2D eigenvalue weighted by Gasteiger charge is -2.21. The highest BCUT2D eigenvalue weighted by Gasteiger charge is 2.21. The van der Waals surface area contributed by atoms with Gasteiger partial charge in [0.1, 0.15) is 0 Å². The maximum Gasteiger partial charge on any atom is 0.0797 e. The highest BCUT2D eigenvalue weighted by molar-refractivity contribution is 7.09. The third-order valence-corrected chi connectivity index (χ3v) is 3.35. The van der Waals surface area contributed by atoms with E-state index >= 15 is 0 Å². The molecule has 0 bridgehead atoms. The molecule has 15 heavy (non-hydrogen) atoms. The van der Waals surface area contributed by atoms with Crippen LogP contribution >= 0.6 is 11.3 Å². The Hall–Kier alpha value is -0.370. The molecule has 0 N–H and O–H groups in total. The molecule has 1 rings (SSSR count). The lowest BCUT2D eigenvalue weighted by atomic mass is 9.86. The zero-order valence-electron chi connectivity index (χ0n) is 10.8. The molecule has 1 aromatic rings. The van der Waals surface area contributed by atoms with Crippen molar-refractivity contribution in [3.63, 3.8) is 0 Å². The van der Waals surface area contributed by atoms with Crippen LogP contribution in [0.15, 0.2) is 5.51 Å². The van der Waals surface area contributed by atoms with Crippen LogP contribution in [-0.2, 0) is 11.8 Å². The molecule has 0 saturated carbocycles. The number of thiazole rings is 1. The monoisotopic (exact) mass is 225 g/mol. The molecule has 0 radical (unpaired) electrons. The fourth-order valence-corrected chi connectivity index (χ4v) is 2.52. The van der Waals surface area contributed by atoms with E-state index < -0.39 is 0 Å². The first-order valence-electron chi connectivity index (χ1n) is 5.63. The van der Waals surface area contributed by atoms with Gasteiger partial charge in [-0.3, -0.25) is 0 Å². The first-order valence-corrected chi connectivity index (χ1v) is 6.51. The van der Waals surface area contributed by atoms with Crippen LogP contribution in [0.25, 0.3) is 0 Å². The van der Waals surface area contributed by atoms with Crippen LogP contribution < -0.4 is 0 Å². The van der Waals surface area contributed by atoms with Crippen molar-refractivity contribution in [2.75, 3.05) is 0 Å². The molecule has 0 atom stereocenters. The Balaban J connectivity index is 2.75. The average molecular weight is 225 g/mol. The van der Waals surface area contributed by atoms with Crippen molar-refractivity contribution in [3.05, 3.63) is 16.1 Å². The number of aromatic nitrogens is 1. The maximum absolute atomic E-state index is 4.51. The summed E-state index contributed by atoms with van der Waals surface area (Å²) in [6.45, 7) is 13.6. The van der Waals surface area contributed by atoms with Gasteiger partial charge in [0, 0.05) is 10.3 Å². The highest BCUT2D eigenvalue weighted by atomic mass is 32.1. The van der Waals surface area contributed by atoms with E-state index in [0.29, 0.717) is 5.41 Å². The zero-order valence-corrected chi connectivity index (χ0v) is 11.7. The van der Waals surface area contributed by atoms with Gasteiger partial charge < -0.3 is 0 Å². The second-order valence-corrected chi connectivity index (χ2v) is 7.37. The summed E-state index contributed by atoms with van der Waals surface area (Å²) in [7, 11) is 0. The van der Waals surface area contributed by atoms with Crippen molar-refractivity contribution in [3.8, 4) is 0 Å². The van der Waals surface area contributed by atoms with Gasteiger partial charge in [0.25, 0.3) is 0 Å². The lowest BCUT2D eigenvalue weighted by molar-refractivity contribution is 0.377. The quantitative estimate of drug-likeness (QED) is 0.726. The molecule has 0 fully saturated rings. The molecule has 0 aliphatic carbocycles. The van der Waals surface area contributed by atoms with Crippen molar-refractivity contribution in [2.24, 2.45) is 5.41 Å². The summed E-state index contributed by atoms with van der Waals surface area (Å²) in [6, 6.07) is 0. The lowest BCUT2D eigenvalue weighted by Crippen LogP contribution is -2.15. The Morgan fingerprint density at radius 3 is 2.20 bits per heavy atom. The molecular weight excluding hydrogens is 202 g/mol. The Bertz CT molecular complexity index is 312. The number of nitrogens with zero attached hydrogens (tertiary/aromatic N) is 1. The van der Waals surface area contributed by atoms with Gasteiger partial charge >= 0.3 is 0 Å². The first kappa shape index (κ1) is 12.7. The molecule has 0 spiro atoms. The molecule has 0 aliphatic rings. The smallest absolute Gasteiger partial charge is 0.0797 e. The van der Waals surface area contributed by atoms with Crippen molar-refractivity contribution in [1.82, 2.24) is 4.98 Å². The van der Waals surface area contributed by atoms with Gasteiger partial charge in [-0.05, 0) is 18.3 Å². The Labute approximate surface area is 97.9 Å². The van der Waals surface area contributed by atoms with E-state index in [0.717, 1.165) is 0 Å². The predicted octanol–water partition coefficient (Wildman–Crippen LogP) is 4.42. The summed E-state index contributed by atoms with van der Waals surface area (Å²) in [5.41, 5.74) is 3.88. The van der Waals surface area contributed by atoms with Crippen LogP contribution in [0.1, 0.15) is 58.5 Å². The number of hydrogen-bond donors (Lipinski definition) is 0. The Morgan fingerprint density at radius 1 is 1.13 bits per heavy atom. The van der Waals surface area contributed by atoms with E-state index in [1.54, 1.807) is 11.3 Å². The summed E-state index contributed by atoms with van der Waals surface area (Å²) < 4.78 is 0. The molecular formula is C13H23NS. The summed E-state index contributed by atoms with van der Waals surface area (Å²) in [5.74, 6) is 0. The molecule has 0 unspecified atom stereocenters. The van der Waals surface area contributed by atoms with Gasteiger partial charge in [0.2, 0.25) is 0 Å². The molecule has 1 heterocycles. The fraction of sp³-hybridized carbons (Fsp3) is 0.769. The minimum absolute atomic E-state index is 0.188. The van der Waals surface area contributed by atoms with Crippen molar-refractivity contribution >= 4 is 11.3 Å². The summed E-state index contributed by atoms with van der Waals surface area (Å²) >= 11 is 1.81. The van der Waals surface area contributed by atoms with Crippen molar-refractivity contribution in [2.45, 2.75) is 59.8 Å². The van der Waals surface area contributed by atoms with E-state index in [1.807, 2.05) is 5.51 Å². The molecule has 0 amide bonds. The minimum atomic E-state index is 0.188. The standard InChI is InChI=1S/C13H23NS/c1-12(2,3)8-7-10-11(13(4,5)6)14-9-15-10/h9H,7-8H2,1-6H3. The fourth-order valence-electron chi connectivity index (χ4n) is 1.55. The number of hydrogen-bond acceptors (Lipinski definition) is 2. The van der Waals surface area contributed by atoms with Crippen LogP contribution in [0.2, 0.25) is 0 Å². The van der Waals surface area contributed by atoms with Gasteiger partial charge in [0.15, 0.2) is 0 Å². The maximum atomic E-state index is 4.51. The van der Waals surface area contributed by atoms with Crippen LogP contribution in [0.3, 0.4) is 0 Å². The second-order valence-electron chi connectivity index (χ2n) is 6.43. The van der Waals surface area contributed by atoms with Gasteiger partial charge in [0.05, 0.1) is 11.2 Å². The Kier molecular flexibility index (Phi) is 3.59. The largest absolute Gasteiger partial charge is 0.249 e. The summed E-state index contributed by atoms with van der Waals surface area (Å²) in [4.78, 5) is 5.98. The molecule has 0 saturated heterocycles. The molecule has 1 aromatic heterocycles. The van der Waals surface area contributed by atoms with Gasteiger partial charge in [-0.25, -0.2) is 4.98 Å². The summed E-state index contributed by atoms with van der Waals surface area (Å²) in [6.07, 6.45) is 2.40. The average Bonchev–Trinajstić information content (AvgIpc) is 2.45. The van der Waals surface area contributed by atoms with E-state index in [4.69, 9.17) is 0 Å². The molecule has 1 nitrogen and oxygen atoms in total. The Morgan fingerprint density at radius 2 is 1.73 bits per heavy atom. The number of aryl methyl sites for hydroxylation is 1. The molecule has 86 valence electrons. The number of rotatable bonds is 2. The SMILES string of the molecule is CC(C)(C)CCc1scnc1C(C)(C)C. The van der Waals surface area contributed by atoms with E-state index in [1.165, 1.54) is 23.4 Å². The van der Waals surface area contributed by atoms with Crippen molar-refractivity contribution < 1.29 is 0 Å². The third-order valence-electron chi connectivity index (χ3n) is 2.45. The first-order chi connectivity index (χ1) is 6.70. The van der Waals surface area contributed by atoms with Crippen molar-refractivity contribution in [1.29, 1.82) is 0 Å². The highest BCUT2D eigenvalue weighted by Crippen LogP contribution is 2.30. The zero-order chi connectivity index (χ0) is 11.7. The normalized spacial score (nSPS) is 13.2. The predicted molar refractivity (Wildman–Crippen MR) is 68.6 cm³/mol. The minimum Gasteiger partial charge on any atom is -0.249 e.